The Balaban J connectivity index is 2.67. The highest BCUT2D eigenvalue weighted by Gasteiger charge is 2.29. The van der Waals surface area contributed by atoms with Gasteiger partial charge >= 0.3 is 5.69 Å². The largest absolute Gasteiger partial charge is 0.329 e. The summed E-state index contributed by atoms with van der Waals surface area (Å²) < 4.78 is 1.33. The minimum Gasteiger partial charge on any atom is -0.297 e. The second-order valence-corrected chi connectivity index (χ2v) is 6.32. The molecule has 0 radical (unpaired) electrons. The van der Waals surface area contributed by atoms with E-state index in [2.05, 4.69) is 4.98 Å². The van der Waals surface area contributed by atoms with Gasteiger partial charge in [0.15, 0.2) is 0 Å². The van der Waals surface area contributed by atoms with Crippen molar-refractivity contribution in [3.8, 4) is 0 Å². The second-order valence-electron chi connectivity index (χ2n) is 5.95. The molecule has 1 aromatic heterocycles. The van der Waals surface area contributed by atoms with Gasteiger partial charge < -0.3 is 0 Å². The summed E-state index contributed by atoms with van der Waals surface area (Å²) >= 11 is 6.11. The van der Waals surface area contributed by atoms with E-state index in [4.69, 9.17) is 11.6 Å². The van der Waals surface area contributed by atoms with E-state index in [1.165, 1.54) is 4.57 Å². The maximum atomic E-state index is 12.7. The van der Waals surface area contributed by atoms with Crippen molar-refractivity contribution in [3.05, 3.63) is 31.6 Å². The smallest absolute Gasteiger partial charge is 0.297 e. The van der Waals surface area contributed by atoms with Crippen LogP contribution in [0.2, 0.25) is 5.15 Å². The highest BCUT2D eigenvalue weighted by atomic mass is 35.5. The summed E-state index contributed by atoms with van der Waals surface area (Å²) in [5.41, 5.74) is -0.529. The Labute approximate surface area is 117 Å². The molecule has 19 heavy (non-hydrogen) atoms. The van der Waals surface area contributed by atoms with Gasteiger partial charge in [-0.25, -0.2) is 4.79 Å². The maximum Gasteiger partial charge on any atom is 0.329 e. The quantitative estimate of drug-likeness (QED) is 0.868. The molecule has 0 aromatic carbocycles. The zero-order chi connectivity index (χ0) is 14.2. The molecule has 1 fully saturated rings. The first kappa shape index (κ1) is 14.4. The van der Waals surface area contributed by atoms with Crippen molar-refractivity contribution in [3.63, 3.8) is 0 Å². The Bertz CT molecular complexity index is 580. The molecule has 0 aliphatic heterocycles. The van der Waals surface area contributed by atoms with Crippen LogP contribution in [-0.2, 0) is 5.54 Å². The summed E-state index contributed by atoms with van der Waals surface area (Å²) in [7, 11) is 0. The number of nitrogens with zero attached hydrogens (tertiary/aromatic N) is 1. The first-order valence-electron chi connectivity index (χ1n) is 6.93. The van der Waals surface area contributed by atoms with Crippen molar-refractivity contribution in [1.82, 2.24) is 9.55 Å². The van der Waals surface area contributed by atoms with Crippen LogP contribution in [0.4, 0.5) is 0 Å². The van der Waals surface area contributed by atoms with Crippen LogP contribution >= 0.6 is 11.6 Å². The van der Waals surface area contributed by atoms with Crippen LogP contribution in [0, 0.1) is 0 Å². The molecule has 1 saturated carbocycles. The van der Waals surface area contributed by atoms with E-state index in [0.717, 1.165) is 25.7 Å². The monoisotopic (exact) mass is 284 g/mol. The molecule has 0 saturated heterocycles. The molecule has 5 heteroatoms. The van der Waals surface area contributed by atoms with Crippen molar-refractivity contribution >= 4 is 11.6 Å². The fourth-order valence-corrected chi connectivity index (χ4v) is 3.12. The van der Waals surface area contributed by atoms with Gasteiger partial charge in [0.1, 0.15) is 5.15 Å². The van der Waals surface area contributed by atoms with E-state index in [9.17, 15) is 9.59 Å². The Morgan fingerprint density at radius 2 is 1.89 bits per heavy atom. The van der Waals surface area contributed by atoms with Crippen LogP contribution in [0.25, 0.3) is 0 Å². The highest BCUT2D eigenvalue weighted by molar-refractivity contribution is 6.30. The highest BCUT2D eigenvalue weighted by Crippen LogP contribution is 2.34. The third-order valence-electron chi connectivity index (χ3n) is 4.32. The van der Waals surface area contributed by atoms with Gasteiger partial charge in [0.05, 0.1) is 5.56 Å². The topological polar surface area (TPSA) is 54.9 Å². The minimum atomic E-state index is -0.497. The van der Waals surface area contributed by atoms with E-state index in [0.29, 0.717) is 12.0 Å². The Hall–Kier alpha value is -1.03. The molecule has 0 spiro atoms. The number of H-pyrrole nitrogens is 1. The summed E-state index contributed by atoms with van der Waals surface area (Å²) in [5, 5.41) is 0.227. The number of aromatic nitrogens is 2. The van der Waals surface area contributed by atoms with Gasteiger partial charge in [0, 0.05) is 5.54 Å². The van der Waals surface area contributed by atoms with Gasteiger partial charge in [-0.1, -0.05) is 31.4 Å². The van der Waals surface area contributed by atoms with Crippen LogP contribution in [0.3, 0.4) is 0 Å². The van der Waals surface area contributed by atoms with Crippen molar-refractivity contribution in [2.24, 2.45) is 0 Å². The molecule has 106 valence electrons. The summed E-state index contributed by atoms with van der Waals surface area (Å²) in [4.78, 5) is 27.4. The lowest BCUT2D eigenvalue weighted by Crippen LogP contribution is -2.47. The maximum absolute atomic E-state index is 12.7. The van der Waals surface area contributed by atoms with Gasteiger partial charge in [-0.15, -0.1) is 0 Å². The average molecular weight is 285 g/mol. The summed E-state index contributed by atoms with van der Waals surface area (Å²) in [5.74, 6) is 0.191. The Morgan fingerprint density at radius 1 is 1.32 bits per heavy atom. The van der Waals surface area contributed by atoms with Crippen LogP contribution in [0.15, 0.2) is 9.59 Å². The number of aromatic amines is 1. The first-order valence-corrected chi connectivity index (χ1v) is 7.31. The van der Waals surface area contributed by atoms with Gasteiger partial charge in [-0.2, -0.15) is 0 Å². The zero-order valence-electron chi connectivity index (χ0n) is 11.8. The molecule has 0 atom stereocenters. The van der Waals surface area contributed by atoms with Crippen LogP contribution in [0.1, 0.15) is 64.4 Å². The molecule has 2 rings (SSSR count). The molecule has 4 nitrogen and oxygen atoms in total. The molecule has 0 amide bonds. The third-order valence-corrected chi connectivity index (χ3v) is 4.62. The molecule has 1 aromatic rings. The van der Waals surface area contributed by atoms with Gasteiger partial charge in [-0.3, -0.25) is 14.3 Å². The van der Waals surface area contributed by atoms with E-state index in [1.807, 2.05) is 20.8 Å². The summed E-state index contributed by atoms with van der Waals surface area (Å²) in [6, 6.07) is 0. The predicted octanol–water partition coefficient (Wildman–Crippen LogP) is 2.99. The lowest BCUT2D eigenvalue weighted by atomic mass is 9.98. The molecule has 1 aliphatic carbocycles. The minimum absolute atomic E-state index is 0.191. The lowest BCUT2D eigenvalue weighted by molar-refractivity contribution is 0.315. The van der Waals surface area contributed by atoms with Gasteiger partial charge in [0.2, 0.25) is 0 Å². The number of rotatable bonds is 3. The first-order chi connectivity index (χ1) is 8.88. The van der Waals surface area contributed by atoms with E-state index in [1.54, 1.807) is 0 Å². The van der Waals surface area contributed by atoms with Crippen molar-refractivity contribution in [2.75, 3.05) is 0 Å². The molecule has 0 unspecified atom stereocenters. The van der Waals surface area contributed by atoms with Crippen LogP contribution < -0.4 is 11.2 Å². The molecule has 1 aliphatic rings. The van der Waals surface area contributed by atoms with Crippen molar-refractivity contribution < 1.29 is 0 Å². The number of nitrogens with one attached hydrogen (secondary N) is 1. The molecule has 1 N–H and O–H groups in total. The Morgan fingerprint density at radius 3 is 2.42 bits per heavy atom. The van der Waals surface area contributed by atoms with Crippen molar-refractivity contribution in [2.45, 2.75) is 64.3 Å². The van der Waals surface area contributed by atoms with E-state index >= 15 is 0 Å². The Kier molecular flexibility index (Phi) is 3.90. The zero-order valence-corrected chi connectivity index (χ0v) is 12.5. The lowest BCUT2D eigenvalue weighted by Gasteiger charge is -2.26. The van der Waals surface area contributed by atoms with E-state index < -0.39 is 11.2 Å². The SMILES string of the molecule is CCC(C)(C)n1c(=O)[nH]c(Cl)c(C2CCCC2)c1=O. The summed E-state index contributed by atoms with van der Waals surface area (Å²) in [6.07, 6.45) is 4.91. The summed E-state index contributed by atoms with van der Waals surface area (Å²) in [6.45, 7) is 5.77. The second kappa shape index (κ2) is 5.16. The third kappa shape index (κ3) is 2.50. The average Bonchev–Trinajstić information content (AvgIpc) is 2.81. The number of hydrogen-bond donors (Lipinski definition) is 1. The number of halogens is 1. The van der Waals surface area contributed by atoms with Crippen LogP contribution in [0.5, 0.6) is 0 Å². The number of hydrogen-bond acceptors (Lipinski definition) is 2. The molecule has 0 bridgehead atoms. The molecular weight excluding hydrogens is 264 g/mol. The van der Waals surface area contributed by atoms with Gasteiger partial charge in [-0.05, 0) is 39.0 Å². The van der Waals surface area contributed by atoms with Crippen molar-refractivity contribution in [1.29, 1.82) is 0 Å². The predicted molar refractivity (Wildman–Crippen MR) is 77.2 cm³/mol. The van der Waals surface area contributed by atoms with Crippen LogP contribution in [-0.4, -0.2) is 9.55 Å². The fraction of sp³-hybridized carbons (Fsp3) is 0.714. The standard InChI is InChI=1S/C14H21ClN2O2/c1-4-14(2,3)17-12(18)10(9-7-5-6-8-9)11(15)16-13(17)19/h9H,4-8H2,1-3H3,(H,16,19). The normalized spacial score (nSPS) is 17.1. The van der Waals surface area contributed by atoms with Gasteiger partial charge in [0.25, 0.3) is 5.56 Å². The molecule has 1 heterocycles. The molecular formula is C14H21ClN2O2. The van der Waals surface area contributed by atoms with E-state index in [-0.39, 0.29) is 16.6 Å². The fourth-order valence-electron chi connectivity index (χ4n) is 2.80.